The van der Waals surface area contributed by atoms with Crippen LogP contribution in [-0.4, -0.2) is 42.4 Å². The van der Waals surface area contributed by atoms with Crippen LogP contribution in [-0.2, 0) is 4.79 Å². The number of rotatable bonds is 8. The Morgan fingerprint density at radius 3 is 2.23 bits per heavy atom. The first kappa shape index (κ1) is 22.0. The van der Waals surface area contributed by atoms with E-state index in [2.05, 4.69) is 27.7 Å². The first-order chi connectivity index (χ1) is 14.5. The smallest absolute Gasteiger partial charge is 0.251 e. The van der Waals surface area contributed by atoms with Crippen molar-refractivity contribution in [3.8, 4) is 0 Å². The van der Waals surface area contributed by atoms with Crippen LogP contribution in [0.1, 0.15) is 48.7 Å². The Bertz CT molecular complexity index is 833. The van der Waals surface area contributed by atoms with Crippen LogP contribution in [0.4, 0.5) is 4.39 Å². The lowest BCUT2D eigenvalue weighted by molar-refractivity contribution is -0.124. The molecule has 0 aliphatic carbocycles. The van der Waals surface area contributed by atoms with E-state index < -0.39 is 11.9 Å². The van der Waals surface area contributed by atoms with Crippen LogP contribution in [0.15, 0.2) is 54.6 Å². The van der Waals surface area contributed by atoms with Crippen LogP contribution < -0.4 is 10.6 Å². The van der Waals surface area contributed by atoms with Crippen molar-refractivity contribution in [2.45, 2.75) is 38.8 Å². The van der Waals surface area contributed by atoms with E-state index >= 15 is 0 Å². The molecule has 0 radical (unpaired) electrons. The fraction of sp³-hybridized carbons (Fsp3) is 0.417. The molecule has 6 heteroatoms. The van der Waals surface area contributed by atoms with Crippen molar-refractivity contribution in [3.63, 3.8) is 0 Å². The fourth-order valence-electron chi connectivity index (χ4n) is 3.85. The molecule has 1 aliphatic rings. The molecule has 0 aromatic heterocycles. The minimum absolute atomic E-state index is 0.0867. The molecule has 1 fully saturated rings. The standard InChI is InChI=1S/C24H30FN3O2/c1-17(2)22(27-23(29)19-10-12-20(25)13-11-19)24(30)26-16-21(28-14-6-7-15-28)18-8-4-3-5-9-18/h3-5,8-13,17,21-22H,6-7,14-16H2,1-2H3,(H,26,30)(H,27,29)/t21-,22-/m0/s1. The minimum atomic E-state index is -0.669. The minimum Gasteiger partial charge on any atom is -0.352 e. The van der Waals surface area contributed by atoms with E-state index in [9.17, 15) is 14.0 Å². The van der Waals surface area contributed by atoms with Crippen LogP contribution in [0.2, 0.25) is 0 Å². The normalized spacial score (nSPS) is 16.3. The van der Waals surface area contributed by atoms with E-state index in [0.29, 0.717) is 12.1 Å². The van der Waals surface area contributed by atoms with E-state index in [1.807, 2.05) is 32.0 Å². The first-order valence-electron chi connectivity index (χ1n) is 10.6. The number of nitrogens with one attached hydrogen (secondary N) is 2. The Hall–Kier alpha value is -2.73. The Morgan fingerprint density at radius 2 is 1.63 bits per heavy atom. The second-order valence-electron chi connectivity index (χ2n) is 8.12. The van der Waals surface area contributed by atoms with Crippen molar-refractivity contribution in [2.24, 2.45) is 5.92 Å². The van der Waals surface area contributed by atoms with Crippen LogP contribution in [0.25, 0.3) is 0 Å². The van der Waals surface area contributed by atoms with Crippen LogP contribution in [0, 0.1) is 11.7 Å². The summed E-state index contributed by atoms with van der Waals surface area (Å²) in [5, 5.41) is 5.85. The summed E-state index contributed by atoms with van der Waals surface area (Å²) in [5.74, 6) is -1.08. The molecular formula is C24H30FN3O2. The Morgan fingerprint density at radius 1 is 1.00 bits per heavy atom. The molecule has 0 spiro atoms. The van der Waals surface area contributed by atoms with Crippen molar-refractivity contribution < 1.29 is 14.0 Å². The van der Waals surface area contributed by atoms with E-state index in [-0.39, 0.29) is 23.8 Å². The quantitative estimate of drug-likeness (QED) is 0.699. The lowest BCUT2D eigenvalue weighted by atomic mass is 10.0. The number of amides is 2. The number of nitrogens with zero attached hydrogens (tertiary/aromatic N) is 1. The molecule has 2 amide bonds. The molecule has 1 aliphatic heterocycles. The van der Waals surface area contributed by atoms with E-state index in [4.69, 9.17) is 0 Å². The molecule has 30 heavy (non-hydrogen) atoms. The summed E-state index contributed by atoms with van der Waals surface area (Å²) in [6.07, 6.45) is 2.33. The van der Waals surface area contributed by atoms with E-state index in [0.717, 1.165) is 13.1 Å². The third-order valence-corrected chi connectivity index (χ3v) is 5.58. The van der Waals surface area contributed by atoms with Gasteiger partial charge in [-0.3, -0.25) is 14.5 Å². The molecule has 5 nitrogen and oxygen atoms in total. The van der Waals surface area contributed by atoms with Gasteiger partial charge in [0.25, 0.3) is 5.91 Å². The molecule has 0 saturated carbocycles. The molecule has 0 unspecified atom stereocenters. The molecule has 2 aromatic carbocycles. The summed E-state index contributed by atoms with van der Waals surface area (Å²) in [4.78, 5) is 27.9. The number of likely N-dealkylation sites (tertiary alicyclic amines) is 1. The monoisotopic (exact) mass is 411 g/mol. The maximum Gasteiger partial charge on any atom is 0.251 e. The average molecular weight is 412 g/mol. The molecule has 2 aromatic rings. The summed E-state index contributed by atoms with van der Waals surface area (Å²) in [7, 11) is 0. The zero-order valence-corrected chi connectivity index (χ0v) is 17.6. The number of carbonyl (C=O) groups excluding carboxylic acids is 2. The van der Waals surface area contributed by atoms with Gasteiger partial charge in [-0.15, -0.1) is 0 Å². The zero-order valence-electron chi connectivity index (χ0n) is 17.6. The summed E-state index contributed by atoms with van der Waals surface area (Å²) in [6, 6.07) is 14.9. The largest absolute Gasteiger partial charge is 0.352 e. The molecule has 2 atom stereocenters. The fourth-order valence-corrected chi connectivity index (χ4v) is 3.85. The lowest BCUT2D eigenvalue weighted by Gasteiger charge is -2.29. The van der Waals surface area contributed by atoms with Crippen LogP contribution in [0.5, 0.6) is 0 Å². The third-order valence-electron chi connectivity index (χ3n) is 5.58. The summed E-state index contributed by atoms with van der Waals surface area (Å²) in [6.45, 7) is 6.31. The highest BCUT2D eigenvalue weighted by atomic mass is 19.1. The summed E-state index contributed by atoms with van der Waals surface area (Å²) in [5.41, 5.74) is 1.50. The van der Waals surface area contributed by atoms with Crippen LogP contribution >= 0.6 is 0 Å². The van der Waals surface area contributed by atoms with E-state index in [1.54, 1.807) is 0 Å². The molecule has 2 N–H and O–H groups in total. The van der Waals surface area contributed by atoms with Gasteiger partial charge in [-0.05, 0) is 61.7 Å². The van der Waals surface area contributed by atoms with Gasteiger partial charge in [-0.25, -0.2) is 4.39 Å². The van der Waals surface area contributed by atoms with Crippen molar-refractivity contribution in [1.29, 1.82) is 0 Å². The molecular weight excluding hydrogens is 381 g/mol. The van der Waals surface area contributed by atoms with Gasteiger partial charge < -0.3 is 10.6 Å². The highest BCUT2D eigenvalue weighted by Gasteiger charge is 2.28. The Kier molecular flexibility index (Phi) is 7.57. The molecule has 1 saturated heterocycles. The predicted molar refractivity (Wildman–Crippen MR) is 115 cm³/mol. The molecule has 3 rings (SSSR count). The van der Waals surface area contributed by atoms with Gasteiger partial charge in [0, 0.05) is 12.1 Å². The number of hydrogen-bond donors (Lipinski definition) is 2. The van der Waals surface area contributed by atoms with Gasteiger partial charge in [0.05, 0.1) is 6.04 Å². The molecule has 0 bridgehead atoms. The summed E-state index contributed by atoms with van der Waals surface area (Å²) < 4.78 is 13.1. The summed E-state index contributed by atoms with van der Waals surface area (Å²) >= 11 is 0. The zero-order chi connectivity index (χ0) is 21.5. The van der Waals surface area contributed by atoms with E-state index in [1.165, 1.54) is 42.7 Å². The Balaban J connectivity index is 1.66. The van der Waals surface area contributed by atoms with Crippen LogP contribution in [0.3, 0.4) is 0 Å². The van der Waals surface area contributed by atoms with Gasteiger partial charge in [0.15, 0.2) is 0 Å². The van der Waals surface area contributed by atoms with Crippen molar-refractivity contribution >= 4 is 11.8 Å². The van der Waals surface area contributed by atoms with Gasteiger partial charge in [0.2, 0.25) is 5.91 Å². The van der Waals surface area contributed by atoms with Crippen molar-refractivity contribution in [3.05, 3.63) is 71.5 Å². The third kappa shape index (κ3) is 5.66. The number of carbonyl (C=O) groups is 2. The van der Waals surface area contributed by atoms with Gasteiger partial charge >= 0.3 is 0 Å². The first-order valence-corrected chi connectivity index (χ1v) is 10.6. The van der Waals surface area contributed by atoms with Crippen molar-refractivity contribution in [1.82, 2.24) is 15.5 Å². The maximum atomic E-state index is 13.1. The average Bonchev–Trinajstić information content (AvgIpc) is 3.27. The van der Waals surface area contributed by atoms with Gasteiger partial charge in [-0.2, -0.15) is 0 Å². The highest BCUT2D eigenvalue weighted by Crippen LogP contribution is 2.24. The highest BCUT2D eigenvalue weighted by molar-refractivity contribution is 5.97. The second kappa shape index (κ2) is 10.3. The number of benzene rings is 2. The predicted octanol–water partition coefficient (Wildman–Crippen LogP) is 3.53. The van der Waals surface area contributed by atoms with Gasteiger partial charge in [0.1, 0.15) is 11.9 Å². The molecule has 160 valence electrons. The Labute approximate surface area is 177 Å². The number of hydrogen-bond acceptors (Lipinski definition) is 3. The van der Waals surface area contributed by atoms with Gasteiger partial charge in [-0.1, -0.05) is 44.2 Å². The number of halogens is 1. The SMILES string of the molecule is CC(C)[C@H](NC(=O)c1ccc(F)cc1)C(=O)NC[C@@H](c1ccccc1)N1CCCC1. The second-order valence-corrected chi connectivity index (χ2v) is 8.12. The lowest BCUT2D eigenvalue weighted by Crippen LogP contribution is -2.51. The topological polar surface area (TPSA) is 61.4 Å². The van der Waals surface area contributed by atoms with Crippen molar-refractivity contribution in [2.75, 3.05) is 19.6 Å². The molecule has 1 heterocycles. The maximum absolute atomic E-state index is 13.1.